The second-order valence-corrected chi connectivity index (χ2v) is 4.16. The van der Waals surface area contributed by atoms with Gasteiger partial charge in [0.25, 0.3) is 0 Å². The Morgan fingerprint density at radius 1 is 1.33 bits per heavy atom. The number of carbonyl (C=O) groups is 3. The van der Waals surface area contributed by atoms with Gasteiger partial charge in [-0.25, -0.2) is 0 Å². The molecule has 0 saturated heterocycles. The number of amides is 1. The van der Waals surface area contributed by atoms with E-state index in [0.717, 1.165) is 0 Å². The molecule has 0 aliphatic carbocycles. The number of aliphatic imine (C=N–C) groups is 1. The van der Waals surface area contributed by atoms with Crippen LogP contribution in [-0.4, -0.2) is 53.2 Å². The molecular weight excluding hydrogens is 354 g/mol. The number of hydrogen-bond acceptors (Lipinski definition) is 8. The van der Waals surface area contributed by atoms with Crippen LogP contribution in [0.3, 0.4) is 0 Å². The van der Waals surface area contributed by atoms with E-state index in [9.17, 15) is 24.6 Å². The maximum atomic E-state index is 11.4. The van der Waals surface area contributed by atoms with Crippen molar-refractivity contribution in [2.45, 2.75) is 24.9 Å². The number of rotatable bonds is 9. The first-order chi connectivity index (χ1) is 9.27. The van der Waals surface area contributed by atoms with Gasteiger partial charge in [-0.15, -0.1) is 0 Å². The molecule has 1 radical (unpaired) electrons. The smallest absolute Gasteiger partial charge is 0.862 e. The van der Waals surface area contributed by atoms with E-state index in [2.05, 4.69) is 17.6 Å². The van der Waals surface area contributed by atoms with Crippen LogP contribution >= 0.6 is 12.6 Å². The summed E-state index contributed by atoms with van der Waals surface area (Å²) in [7, 11) is 0. The Bertz CT molecular complexity index is 406. The standard InChI is InChI=1S/C10H17N3O6S.Cu/c11-5(10(18)19)1-2-7(14)13-6(4-20)9(17)12-3-8(15)16;/h5-6,20H,1-4,11H2,(H,12,17)(H,13,14)(H,15,16)(H,18,19);/q;+2/p-2/t5-,6+;/m0./s1. The molecule has 0 bridgehead atoms. The van der Waals surface area contributed by atoms with E-state index in [1.807, 2.05) is 5.32 Å². The minimum Gasteiger partial charge on any atom is -0.862 e. The zero-order valence-corrected chi connectivity index (χ0v) is 12.6. The van der Waals surface area contributed by atoms with E-state index in [4.69, 9.17) is 10.8 Å². The number of nitrogens with zero attached hydrogens (tertiary/aromatic N) is 1. The van der Waals surface area contributed by atoms with E-state index in [-0.39, 0.29) is 35.7 Å². The molecule has 4 N–H and O–H groups in total. The fraction of sp³-hybridized carbons (Fsp3) is 0.600. The van der Waals surface area contributed by atoms with E-state index < -0.39 is 42.4 Å². The number of carbonyl (C=O) groups excluding carboxylic acids is 2. The van der Waals surface area contributed by atoms with E-state index >= 15 is 0 Å². The van der Waals surface area contributed by atoms with Crippen molar-refractivity contribution in [3.63, 3.8) is 0 Å². The Balaban J connectivity index is 0. The summed E-state index contributed by atoms with van der Waals surface area (Å²) in [5.74, 6) is -4.30. The van der Waals surface area contributed by atoms with Gasteiger partial charge in [0.2, 0.25) is 5.91 Å². The molecule has 0 aromatic carbocycles. The average molecular weight is 369 g/mol. The molecule has 21 heavy (non-hydrogen) atoms. The molecule has 0 unspecified atom stereocenters. The van der Waals surface area contributed by atoms with Crippen molar-refractivity contribution in [3.05, 3.63) is 0 Å². The van der Waals surface area contributed by atoms with E-state index in [1.54, 1.807) is 0 Å². The Kier molecular flexibility index (Phi) is 11.9. The molecule has 9 nitrogen and oxygen atoms in total. The molecule has 0 heterocycles. The molecule has 0 saturated carbocycles. The van der Waals surface area contributed by atoms with Gasteiger partial charge in [0, 0.05) is 5.75 Å². The van der Waals surface area contributed by atoms with Crippen molar-refractivity contribution in [2.75, 3.05) is 12.3 Å². The molecule has 0 aliphatic heterocycles. The molecule has 0 fully saturated rings. The van der Waals surface area contributed by atoms with E-state index in [0.29, 0.717) is 0 Å². The summed E-state index contributed by atoms with van der Waals surface area (Å²) in [5, 5.41) is 32.1. The zero-order valence-electron chi connectivity index (χ0n) is 10.7. The first-order valence-electron chi connectivity index (χ1n) is 5.58. The Hall–Kier alpha value is -1.29. The van der Waals surface area contributed by atoms with Crippen molar-refractivity contribution in [2.24, 2.45) is 10.7 Å². The molecule has 0 aromatic rings. The minimum absolute atomic E-state index is 0. The van der Waals surface area contributed by atoms with Crippen LogP contribution in [0.4, 0.5) is 0 Å². The second-order valence-electron chi connectivity index (χ2n) is 3.79. The van der Waals surface area contributed by atoms with E-state index in [1.165, 1.54) is 0 Å². The Morgan fingerprint density at radius 2 is 1.90 bits per heavy atom. The predicted octanol–water partition coefficient (Wildman–Crippen LogP) is -3.90. The maximum Gasteiger partial charge on any atom is 2.00 e. The molecule has 2 atom stereocenters. The average Bonchev–Trinajstić information content (AvgIpc) is 2.38. The third kappa shape index (κ3) is 10.1. The van der Waals surface area contributed by atoms with Gasteiger partial charge in [-0.1, -0.05) is 0 Å². The van der Waals surface area contributed by atoms with Gasteiger partial charge in [-0.05, 0) is 18.7 Å². The van der Waals surface area contributed by atoms with Crippen molar-refractivity contribution in [1.82, 2.24) is 5.32 Å². The molecular formula is C10H15CuN3O6S. The number of aliphatic carboxylic acids is 2. The molecule has 0 rings (SSSR count). The topological polar surface area (TPSA) is 168 Å². The Morgan fingerprint density at radius 3 is 2.33 bits per heavy atom. The van der Waals surface area contributed by atoms with Crippen LogP contribution < -0.4 is 21.3 Å². The van der Waals surface area contributed by atoms with Gasteiger partial charge >= 0.3 is 23.0 Å². The minimum atomic E-state index is -1.48. The number of carboxylic acid groups (broad SMARTS) is 2. The van der Waals surface area contributed by atoms with Crippen molar-refractivity contribution in [3.8, 4) is 0 Å². The molecule has 11 heteroatoms. The first kappa shape index (κ1) is 22.0. The number of nitrogens with two attached hydrogens (primary N) is 1. The second kappa shape index (κ2) is 11.4. The monoisotopic (exact) mass is 368 g/mol. The van der Waals surface area contributed by atoms with Crippen LogP contribution in [0, 0.1) is 0 Å². The van der Waals surface area contributed by atoms with Crippen LogP contribution in [0.25, 0.3) is 0 Å². The van der Waals surface area contributed by atoms with Crippen LogP contribution in [0.2, 0.25) is 0 Å². The largest absolute Gasteiger partial charge is 2.00 e. The van der Waals surface area contributed by atoms with Gasteiger partial charge in [-0.2, -0.15) is 12.6 Å². The fourth-order valence-electron chi connectivity index (χ4n) is 1.10. The van der Waals surface area contributed by atoms with Gasteiger partial charge in [-0.3, -0.25) is 14.6 Å². The zero-order chi connectivity index (χ0) is 15.7. The summed E-state index contributed by atoms with van der Waals surface area (Å²) in [5.41, 5.74) is 5.21. The summed E-state index contributed by atoms with van der Waals surface area (Å²) in [4.78, 5) is 35.6. The van der Waals surface area contributed by atoms with Crippen LogP contribution in [-0.2, 0) is 31.5 Å². The fourth-order valence-corrected chi connectivity index (χ4v) is 1.35. The summed E-state index contributed by atoms with van der Waals surface area (Å²) >= 11 is 3.83. The van der Waals surface area contributed by atoms with Gasteiger partial charge < -0.3 is 31.2 Å². The third-order valence-electron chi connectivity index (χ3n) is 2.17. The van der Waals surface area contributed by atoms with Crippen molar-refractivity contribution >= 4 is 36.4 Å². The van der Waals surface area contributed by atoms with Crippen molar-refractivity contribution < 1.29 is 46.8 Å². The SMILES string of the molecule is N[C@@H](CCC([O-])=N[C@H](CS)C(=O)NCC(=O)[O-])C(=O)O.[Cu+2]. The molecule has 0 aromatic heterocycles. The summed E-state index contributed by atoms with van der Waals surface area (Å²) in [6.45, 7) is -0.698. The maximum absolute atomic E-state index is 11.4. The van der Waals surface area contributed by atoms with Crippen LogP contribution in [0.15, 0.2) is 4.99 Å². The molecule has 1 amide bonds. The number of nitrogens with one attached hydrogen (secondary N) is 1. The Labute approximate surface area is 136 Å². The molecule has 123 valence electrons. The van der Waals surface area contributed by atoms with Gasteiger partial charge in [0.15, 0.2) is 0 Å². The number of carboxylic acids is 2. The third-order valence-corrected chi connectivity index (χ3v) is 2.51. The summed E-state index contributed by atoms with van der Waals surface area (Å²) in [6, 6.07) is -2.33. The molecule has 0 spiro atoms. The summed E-state index contributed by atoms with van der Waals surface area (Å²) < 4.78 is 0. The number of thiol groups is 1. The van der Waals surface area contributed by atoms with Gasteiger partial charge in [0.1, 0.15) is 12.1 Å². The normalized spacial score (nSPS) is 13.7. The van der Waals surface area contributed by atoms with Crippen molar-refractivity contribution in [1.29, 1.82) is 0 Å². The predicted molar refractivity (Wildman–Crippen MR) is 67.9 cm³/mol. The van der Waals surface area contributed by atoms with Crippen LogP contribution in [0.1, 0.15) is 12.8 Å². The quantitative estimate of drug-likeness (QED) is 0.139. The summed E-state index contributed by atoms with van der Waals surface area (Å²) in [6.07, 6.45) is -0.344. The van der Waals surface area contributed by atoms with Crippen LogP contribution in [0.5, 0.6) is 0 Å². The van der Waals surface area contributed by atoms with Gasteiger partial charge in [0.05, 0.1) is 12.5 Å². The molecule has 0 aliphatic rings. The number of hydrogen-bond donors (Lipinski definition) is 4. The first-order valence-corrected chi connectivity index (χ1v) is 6.21.